The number of fused-ring (bicyclic) bond motifs is 1. The molecule has 0 bridgehead atoms. The van der Waals surface area contributed by atoms with Crippen molar-refractivity contribution >= 4 is 23.0 Å². The van der Waals surface area contributed by atoms with Crippen LogP contribution in [0.3, 0.4) is 0 Å². The predicted octanol–water partition coefficient (Wildman–Crippen LogP) is 6.85. The Morgan fingerprint density at radius 2 is 1.61 bits per heavy atom. The summed E-state index contributed by atoms with van der Waals surface area (Å²) in [7, 11) is 0. The maximum absolute atomic E-state index is 13.8. The maximum Gasteiger partial charge on any atom is 0.453 e. The van der Waals surface area contributed by atoms with Crippen molar-refractivity contribution in [1.29, 1.82) is 0 Å². The minimum atomic E-state index is -5.06. The van der Waals surface area contributed by atoms with E-state index >= 15 is 0 Å². The summed E-state index contributed by atoms with van der Waals surface area (Å²) < 4.78 is 62.4. The van der Waals surface area contributed by atoms with Crippen molar-refractivity contribution in [2.45, 2.75) is 39.1 Å². The van der Waals surface area contributed by atoms with Crippen molar-refractivity contribution in [2.75, 3.05) is 0 Å². The molecule has 3 aromatic carbocycles. The number of para-hydroxylation sites is 1. The van der Waals surface area contributed by atoms with Crippen LogP contribution in [-0.2, 0) is 22.3 Å². The quantitative estimate of drug-likeness (QED) is 0.174. The maximum atomic E-state index is 13.8. The van der Waals surface area contributed by atoms with Gasteiger partial charge in [0.05, 0.1) is 5.39 Å². The Morgan fingerprint density at radius 1 is 0.951 bits per heavy atom. The fourth-order valence-corrected chi connectivity index (χ4v) is 3.85. The van der Waals surface area contributed by atoms with Gasteiger partial charge in [-0.2, -0.15) is 13.2 Å². The highest BCUT2D eigenvalue weighted by atomic mass is 19.4. The first-order valence-corrected chi connectivity index (χ1v) is 12.7. The molecule has 1 unspecified atom stereocenters. The standard InChI is InChI=1S/C30H26F3NO7/c1-3-18(2)24(34-29(37)38-17-19-10-6-4-7-11-19)28(36)40-21-14-15-22-23(16-21)41-27(30(31,32)33)26(25(22)35)39-20-12-8-5-9-13-20/h4-16,18,24H,3,17H2,1-2H3,(H,34,37)/t18?,24-/m0/s1. The van der Waals surface area contributed by atoms with Crippen molar-refractivity contribution in [2.24, 2.45) is 5.92 Å². The fraction of sp³-hybridized carbons (Fsp3) is 0.233. The lowest BCUT2D eigenvalue weighted by Gasteiger charge is -2.22. The highest BCUT2D eigenvalue weighted by Gasteiger charge is 2.40. The monoisotopic (exact) mass is 569 g/mol. The van der Waals surface area contributed by atoms with Crippen LogP contribution in [0.25, 0.3) is 11.0 Å². The Bertz CT molecular complexity index is 1570. The van der Waals surface area contributed by atoms with Gasteiger partial charge in [-0.1, -0.05) is 68.8 Å². The van der Waals surface area contributed by atoms with Gasteiger partial charge in [0.15, 0.2) is 0 Å². The second kappa shape index (κ2) is 12.6. The second-order valence-corrected chi connectivity index (χ2v) is 9.15. The average Bonchev–Trinajstić information content (AvgIpc) is 2.96. The molecule has 0 spiro atoms. The molecule has 2 atom stereocenters. The lowest BCUT2D eigenvalue weighted by Crippen LogP contribution is -2.47. The molecule has 41 heavy (non-hydrogen) atoms. The molecular formula is C30H26F3NO7. The minimum Gasteiger partial charge on any atom is -0.449 e. The van der Waals surface area contributed by atoms with Crippen LogP contribution < -0.4 is 20.2 Å². The van der Waals surface area contributed by atoms with Crippen molar-refractivity contribution in [3.8, 4) is 17.2 Å². The fourth-order valence-electron chi connectivity index (χ4n) is 3.85. The summed E-state index contributed by atoms with van der Waals surface area (Å²) in [6.45, 7) is 3.50. The van der Waals surface area contributed by atoms with Crippen molar-refractivity contribution in [3.05, 3.63) is 100 Å². The number of alkyl carbamates (subject to hydrolysis) is 1. The van der Waals surface area contributed by atoms with E-state index in [-0.39, 0.29) is 29.4 Å². The minimum absolute atomic E-state index is 0.0149. The number of halogens is 3. The molecule has 0 aliphatic rings. The van der Waals surface area contributed by atoms with Crippen LogP contribution in [0.1, 0.15) is 31.6 Å². The number of rotatable bonds is 9. The van der Waals surface area contributed by atoms with Crippen molar-refractivity contribution in [3.63, 3.8) is 0 Å². The van der Waals surface area contributed by atoms with Gasteiger partial charge in [0.25, 0.3) is 5.76 Å². The first-order valence-electron chi connectivity index (χ1n) is 12.7. The average molecular weight is 570 g/mol. The first-order chi connectivity index (χ1) is 19.6. The first kappa shape index (κ1) is 29.2. The second-order valence-electron chi connectivity index (χ2n) is 9.15. The number of nitrogens with one attached hydrogen (secondary N) is 1. The van der Waals surface area contributed by atoms with E-state index in [0.29, 0.717) is 6.42 Å². The third kappa shape index (κ3) is 7.24. The lowest BCUT2D eigenvalue weighted by atomic mass is 9.99. The van der Waals surface area contributed by atoms with Gasteiger partial charge in [0.2, 0.25) is 11.2 Å². The predicted molar refractivity (Wildman–Crippen MR) is 143 cm³/mol. The molecule has 0 aliphatic carbocycles. The van der Waals surface area contributed by atoms with E-state index < -0.39 is 46.8 Å². The molecule has 0 aliphatic heterocycles. The summed E-state index contributed by atoms with van der Waals surface area (Å²) >= 11 is 0. The van der Waals surface area contributed by atoms with Gasteiger partial charge in [-0.25, -0.2) is 9.59 Å². The summed E-state index contributed by atoms with van der Waals surface area (Å²) in [5, 5.41) is 2.27. The van der Waals surface area contributed by atoms with Crippen LogP contribution in [-0.4, -0.2) is 18.1 Å². The van der Waals surface area contributed by atoms with Crippen LogP contribution in [0.2, 0.25) is 0 Å². The Kier molecular flexibility index (Phi) is 8.96. The van der Waals surface area contributed by atoms with E-state index in [1.165, 1.54) is 36.4 Å². The number of carbonyl (C=O) groups is 2. The van der Waals surface area contributed by atoms with Gasteiger partial charge >= 0.3 is 18.2 Å². The normalized spacial score (nSPS) is 12.8. The van der Waals surface area contributed by atoms with Gasteiger partial charge < -0.3 is 23.9 Å². The lowest BCUT2D eigenvalue weighted by molar-refractivity contribution is -0.154. The summed E-state index contributed by atoms with van der Waals surface area (Å²) in [6.07, 6.45) is -5.42. The van der Waals surface area contributed by atoms with E-state index in [0.717, 1.165) is 11.6 Å². The molecule has 0 saturated carbocycles. The third-order valence-electron chi connectivity index (χ3n) is 6.21. The highest BCUT2D eigenvalue weighted by Crippen LogP contribution is 2.38. The number of ether oxygens (including phenoxy) is 3. The molecule has 1 amide bonds. The molecule has 1 aromatic heterocycles. The smallest absolute Gasteiger partial charge is 0.449 e. The zero-order chi connectivity index (χ0) is 29.6. The zero-order valence-corrected chi connectivity index (χ0v) is 22.1. The summed E-state index contributed by atoms with van der Waals surface area (Å²) in [5.74, 6) is -4.08. The number of carbonyl (C=O) groups excluding carboxylic acids is 2. The Labute approximate surface area is 232 Å². The largest absolute Gasteiger partial charge is 0.453 e. The Balaban J connectivity index is 1.57. The Hall–Kier alpha value is -4.80. The molecule has 1 heterocycles. The number of benzene rings is 3. The van der Waals surface area contributed by atoms with Crippen LogP contribution in [0.15, 0.2) is 88.1 Å². The SMILES string of the molecule is CCC(C)[C@H](NC(=O)OCc1ccccc1)C(=O)Oc1ccc2c(=O)c(Oc3ccccc3)c(C(F)(F)F)oc2c1. The van der Waals surface area contributed by atoms with Crippen LogP contribution in [0.4, 0.5) is 18.0 Å². The third-order valence-corrected chi connectivity index (χ3v) is 6.21. The molecule has 0 radical (unpaired) electrons. The van der Waals surface area contributed by atoms with Gasteiger partial charge in [0, 0.05) is 6.07 Å². The van der Waals surface area contributed by atoms with Gasteiger partial charge in [0.1, 0.15) is 29.7 Å². The Morgan fingerprint density at radius 3 is 2.24 bits per heavy atom. The summed E-state index contributed by atoms with van der Waals surface area (Å²) in [4.78, 5) is 38.4. The molecule has 4 aromatic rings. The molecular weight excluding hydrogens is 543 g/mol. The molecule has 0 saturated heterocycles. The molecule has 0 fully saturated rings. The number of hydrogen-bond donors (Lipinski definition) is 1. The van der Waals surface area contributed by atoms with Crippen molar-refractivity contribution in [1.82, 2.24) is 5.32 Å². The van der Waals surface area contributed by atoms with Gasteiger partial charge in [-0.3, -0.25) is 4.79 Å². The number of esters is 1. The van der Waals surface area contributed by atoms with E-state index in [1.54, 1.807) is 44.2 Å². The van der Waals surface area contributed by atoms with Gasteiger partial charge in [-0.05, 0) is 35.7 Å². The summed E-state index contributed by atoms with van der Waals surface area (Å²) in [5.41, 5.74) is -0.775. The van der Waals surface area contributed by atoms with Crippen molar-refractivity contribution < 1.29 is 41.4 Å². The molecule has 4 rings (SSSR count). The van der Waals surface area contributed by atoms with Crippen LogP contribution in [0.5, 0.6) is 17.2 Å². The number of amides is 1. The zero-order valence-electron chi connectivity index (χ0n) is 22.1. The molecule has 8 nitrogen and oxygen atoms in total. The van der Waals surface area contributed by atoms with E-state index in [4.69, 9.17) is 18.6 Å². The summed E-state index contributed by atoms with van der Waals surface area (Å²) in [6, 6.07) is 18.7. The van der Waals surface area contributed by atoms with Gasteiger partial charge in [-0.15, -0.1) is 0 Å². The number of alkyl halides is 3. The molecule has 214 valence electrons. The topological polar surface area (TPSA) is 104 Å². The molecule has 11 heteroatoms. The van der Waals surface area contributed by atoms with Crippen LogP contribution >= 0.6 is 0 Å². The van der Waals surface area contributed by atoms with E-state index in [9.17, 15) is 27.6 Å². The van der Waals surface area contributed by atoms with Crippen LogP contribution in [0, 0.1) is 5.92 Å². The highest BCUT2D eigenvalue weighted by molar-refractivity contribution is 5.85. The molecule has 1 N–H and O–H groups in total. The van der Waals surface area contributed by atoms with E-state index in [2.05, 4.69) is 5.32 Å². The van der Waals surface area contributed by atoms with E-state index in [1.807, 2.05) is 6.07 Å². The number of hydrogen-bond acceptors (Lipinski definition) is 7.